The van der Waals surface area contributed by atoms with Gasteiger partial charge in [-0.25, -0.2) is 9.78 Å². The maximum Gasteiger partial charge on any atom is 0.360 e. The van der Waals surface area contributed by atoms with E-state index in [1.54, 1.807) is 16.8 Å². The number of aromatic hydroxyl groups is 1. The number of carbonyl (C=O) groups excluding carboxylic acids is 1. The van der Waals surface area contributed by atoms with E-state index in [4.69, 9.17) is 0 Å². The number of ether oxygens (including phenoxy) is 1. The summed E-state index contributed by atoms with van der Waals surface area (Å²) in [6, 6.07) is 11.2. The second-order valence-corrected chi connectivity index (χ2v) is 6.14. The highest BCUT2D eigenvalue weighted by molar-refractivity contribution is 14.1. The molecule has 2 aromatic heterocycles. The monoisotopic (exact) mass is 436 g/mol. The molecule has 7 heteroatoms. The fraction of sp³-hybridized carbons (Fsp3) is 0.118. The Morgan fingerprint density at radius 2 is 2.00 bits per heavy atom. The molecule has 3 rings (SSSR count). The fourth-order valence-corrected chi connectivity index (χ4v) is 3.21. The van der Waals surface area contributed by atoms with E-state index in [0.29, 0.717) is 10.2 Å². The molecule has 0 aliphatic rings. The van der Waals surface area contributed by atoms with Crippen LogP contribution in [0.1, 0.15) is 16.1 Å². The highest BCUT2D eigenvalue weighted by Gasteiger charge is 2.21. The summed E-state index contributed by atoms with van der Waals surface area (Å²) in [6.45, 7) is 0.408. The van der Waals surface area contributed by atoms with E-state index in [2.05, 4.69) is 9.72 Å². The molecule has 6 nitrogen and oxygen atoms in total. The maximum absolute atomic E-state index is 12.7. The summed E-state index contributed by atoms with van der Waals surface area (Å²) < 4.78 is 6.49. The van der Waals surface area contributed by atoms with Gasteiger partial charge >= 0.3 is 5.97 Å². The SMILES string of the molecule is COC(=O)c1nc(I)c2c(=O)n(Cc3ccccc3)ccc2c1O. The molecule has 24 heavy (non-hydrogen) atoms. The van der Waals surface area contributed by atoms with Crippen molar-refractivity contribution in [3.8, 4) is 5.75 Å². The zero-order chi connectivity index (χ0) is 17.3. The van der Waals surface area contributed by atoms with Gasteiger partial charge in [0.25, 0.3) is 5.56 Å². The van der Waals surface area contributed by atoms with Gasteiger partial charge in [0, 0.05) is 11.6 Å². The van der Waals surface area contributed by atoms with E-state index in [-0.39, 0.29) is 27.8 Å². The van der Waals surface area contributed by atoms with Gasteiger partial charge in [0.15, 0.2) is 11.4 Å². The first-order valence-electron chi connectivity index (χ1n) is 7.06. The molecule has 0 atom stereocenters. The number of pyridine rings is 2. The predicted molar refractivity (Wildman–Crippen MR) is 97.3 cm³/mol. The van der Waals surface area contributed by atoms with Crippen molar-refractivity contribution in [2.45, 2.75) is 6.54 Å². The molecule has 1 aromatic carbocycles. The lowest BCUT2D eigenvalue weighted by Gasteiger charge is -2.11. The van der Waals surface area contributed by atoms with Crippen molar-refractivity contribution in [1.82, 2.24) is 9.55 Å². The Bertz CT molecular complexity index is 983. The standard InChI is InChI=1S/C17H13IN2O4/c1-24-17(23)13-14(21)11-7-8-20(9-10-5-3-2-4-6-10)16(22)12(11)15(18)19-13/h2-8,21H,9H2,1H3. The molecule has 0 saturated carbocycles. The summed E-state index contributed by atoms with van der Waals surface area (Å²) in [4.78, 5) is 28.5. The summed E-state index contributed by atoms with van der Waals surface area (Å²) >= 11 is 1.88. The number of aromatic nitrogens is 2. The number of benzene rings is 1. The van der Waals surface area contributed by atoms with Gasteiger partial charge in [-0.05, 0) is 34.2 Å². The van der Waals surface area contributed by atoms with Crippen molar-refractivity contribution in [3.63, 3.8) is 0 Å². The lowest BCUT2D eigenvalue weighted by atomic mass is 10.1. The first kappa shape index (κ1) is 16.4. The Balaban J connectivity index is 2.18. The Morgan fingerprint density at radius 3 is 2.67 bits per heavy atom. The molecule has 122 valence electrons. The van der Waals surface area contributed by atoms with E-state index < -0.39 is 5.97 Å². The lowest BCUT2D eigenvalue weighted by molar-refractivity contribution is 0.0590. The van der Waals surface area contributed by atoms with E-state index in [9.17, 15) is 14.7 Å². The predicted octanol–water partition coefficient (Wildman–Crippen LogP) is 2.54. The van der Waals surface area contributed by atoms with Crippen LogP contribution in [0.2, 0.25) is 0 Å². The highest BCUT2D eigenvalue weighted by atomic mass is 127. The van der Waals surface area contributed by atoms with Gasteiger partial charge < -0.3 is 14.4 Å². The van der Waals surface area contributed by atoms with Gasteiger partial charge in [0.2, 0.25) is 0 Å². The van der Waals surface area contributed by atoms with Crippen LogP contribution in [0.3, 0.4) is 0 Å². The molecule has 0 saturated heterocycles. The second-order valence-electron chi connectivity index (χ2n) is 5.11. The zero-order valence-electron chi connectivity index (χ0n) is 12.7. The molecule has 2 heterocycles. The van der Waals surface area contributed by atoms with Gasteiger partial charge in [-0.1, -0.05) is 30.3 Å². The molecule has 0 aliphatic heterocycles. The summed E-state index contributed by atoms with van der Waals surface area (Å²) in [5.74, 6) is -1.10. The number of halogens is 1. The topological polar surface area (TPSA) is 81.4 Å². The van der Waals surface area contributed by atoms with Crippen LogP contribution in [0.4, 0.5) is 0 Å². The van der Waals surface area contributed by atoms with Crippen LogP contribution in [0.15, 0.2) is 47.4 Å². The Morgan fingerprint density at radius 1 is 1.29 bits per heavy atom. The van der Waals surface area contributed by atoms with E-state index >= 15 is 0 Å². The largest absolute Gasteiger partial charge is 0.505 e. The Labute approximate surface area is 150 Å². The summed E-state index contributed by atoms with van der Waals surface area (Å²) in [6.07, 6.45) is 1.59. The lowest BCUT2D eigenvalue weighted by Crippen LogP contribution is -2.22. The van der Waals surface area contributed by atoms with Crippen molar-refractivity contribution in [2.75, 3.05) is 7.11 Å². The smallest absolute Gasteiger partial charge is 0.360 e. The third kappa shape index (κ3) is 2.86. The van der Waals surface area contributed by atoms with E-state index in [1.807, 2.05) is 52.9 Å². The quantitative estimate of drug-likeness (QED) is 0.388. The number of carbonyl (C=O) groups is 1. The molecule has 0 spiro atoms. The Hall–Kier alpha value is -2.42. The third-order valence-electron chi connectivity index (χ3n) is 3.64. The minimum atomic E-state index is -0.749. The molecule has 0 bridgehead atoms. The number of hydrogen-bond acceptors (Lipinski definition) is 5. The number of fused-ring (bicyclic) bond motifs is 1. The van der Waals surface area contributed by atoms with E-state index in [1.165, 1.54) is 7.11 Å². The van der Waals surface area contributed by atoms with Gasteiger partial charge in [-0.15, -0.1) is 0 Å². The number of esters is 1. The van der Waals surface area contributed by atoms with Crippen LogP contribution < -0.4 is 5.56 Å². The third-order valence-corrected chi connectivity index (χ3v) is 4.42. The molecular formula is C17H13IN2O4. The van der Waals surface area contributed by atoms with Gasteiger partial charge in [-0.3, -0.25) is 4.79 Å². The van der Waals surface area contributed by atoms with Crippen LogP contribution in [-0.2, 0) is 11.3 Å². The molecule has 0 aliphatic carbocycles. The molecule has 0 unspecified atom stereocenters. The fourth-order valence-electron chi connectivity index (χ4n) is 2.45. The minimum absolute atomic E-state index is 0.199. The molecule has 0 radical (unpaired) electrons. The van der Waals surface area contributed by atoms with Crippen LogP contribution >= 0.6 is 22.6 Å². The number of rotatable bonds is 3. The average Bonchev–Trinajstić information content (AvgIpc) is 2.60. The van der Waals surface area contributed by atoms with Crippen molar-refractivity contribution in [3.05, 3.63) is 67.9 Å². The molecule has 1 N–H and O–H groups in total. The van der Waals surface area contributed by atoms with Crippen molar-refractivity contribution >= 4 is 39.3 Å². The minimum Gasteiger partial charge on any atom is -0.505 e. The summed E-state index contributed by atoms with van der Waals surface area (Å²) in [5, 5.41) is 10.8. The maximum atomic E-state index is 12.7. The zero-order valence-corrected chi connectivity index (χ0v) is 14.9. The summed E-state index contributed by atoms with van der Waals surface area (Å²) in [5.41, 5.74) is 0.506. The normalized spacial score (nSPS) is 10.8. The number of methoxy groups -OCH3 is 1. The summed E-state index contributed by atoms with van der Waals surface area (Å²) in [7, 11) is 1.21. The molecule has 3 aromatic rings. The van der Waals surface area contributed by atoms with Gasteiger partial charge in [0.1, 0.15) is 3.70 Å². The van der Waals surface area contributed by atoms with Crippen molar-refractivity contribution in [1.29, 1.82) is 0 Å². The van der Waals surface area contributed by atoms with Gasteiger partial charge in [0.05, 0.1) is 19.0 Å². The number of hydrogen-bond donors (Lipinski definition) is 1. The van der Waals surface area contributed by atoms with Gasteiger partial charge in [-0.2, -0.15) is 0 Å². The van der Waals surface area contributed by atoms with Crippen LogP contribution in [0, 0.1) is 3.70 Å². The molecular weight excluding hydrogens is 423 g/mol. The van der Waals surface area contributed by atoms with Crippen LogP contribution in [-0.4, -0.2) is 27.7 Å². The van der Waals surface area contributed by atoms with Crippen LogP contribution in [0.25, 0.3) is 10.8 Å². The first-order chi connectivity index (χ1) is 11.5. The molecule has 0 amide bonds. The Kier molecular flexibility index (Phi) is 4.52. The second kappa shape index (κ2) is 6.60. The molecule has 0 fully saturated rings. The van der Waals surface area contributed by atoms with Crippen molar-refractivity contribution < 1.29 is 14.6 Å². The first-order valence-corrected chi connectivity index (χ1v) is 8.14. The number of nitrogens with zero attached hydrogens (tertiary/aromatic N) is 2. The van der Waals surface area contributed by atoms with E-state index in [0.717, 1.165) is 5.56 Å². The highest BCUT2D eigenvalue weighted by Crippen LogP contribution is 2.28. The average molecular weight is 436 g/mol. The van der Waals surface area contributed by atoms with Crippen molar-refractivity contribution in [2.24, 2.45) is 0 Å². The van der Waals surface area contributed by atoms with Crippen LogP contribution in [0.5, 0.6) is 5.75 Å².